The largest absolute Gasteiger partial charge is 0.353 e. The van der Waals surface area contributed by atoms with Gasteiger partial charge in [-0.2, -0.15) is 0 Å². The second kappa shape index (κ2) is 5.51. The molecule has 8 bridgehead atoms. The molecule has 1 unspecified atom stereocenters. The Labute approximate surface area is 159 Å². The Bertz CT molecular complexity index is 537. The Morgan fingerprint density at radius 2 is 1.15 bits per heavy atom. The van der Waals surface area contributed by atoms with E-state index in [2.05, 4.69) is 12.2 Å². The number of nitrogens with one attached hydrogen (secondary N) is 1. The van der Waals surface area contributed by atoms with Crippen LogP contribution in [-0.2, 0) is 4.79 Å². The Morgan fingerprint density at radius 1 is 0.769 bits per heavy atom. The number of carbonyl (C=O) groups excluding carboxylic acids is 1. The Hall–Kier alpha value is -0.530. The maximum absolute atomic E-state index is 13.1. The molecular weight excluding hydrogens is 318 g/mol. The van der Waals surface area contributed by atoms with E-state index in [0.717, 1.165) is 41.9 Å². The van der Waals surface area contributed by atoms with Crippen LogP contribution in [0.4, 0.5) is 0 Å². The molecule has 0 aromatic carbocycles. The molecule has 0 aromatic rings. The molecule has 1 atom stereocenters. The summed E-state index contributed by atoms with van der Waals surface area (Å²) in [4.78, 5) is 13.1. The van der Waals surface area contributed by atoms with Gasteiger partial charge in [0.2, 0.25) is 5.91 Å². The molecule has 0 saturated heterocycles. The molecular formula is C24H37NO. The van der Waals surface area contributed by atoms with Gasteiger partial charge in [-0.05, 0) is 130 Å². The molecule has 0 aromatic heterocycles. The zero-order valence-corrected chi connectivity index (χ0v) is 16.6. The van der Waals surface area contributed by atoms with Crippen molar-refractivity contribution < 1.29 is 4.79 Å². The van der Waals surface area contributed by atoms with Crippen LogP contribution in [0.25, 0.3) is 0 Å². The Balaban J connectivity index is 1.13. The standard InChI is InChI=1S/C24H37NO/c1-15(24-11-19-5-20(12-24)7-21(6-19)13-24)25-22(26)14-23-8-16-2-17(9-23)4-18(3-16)10-23/h15-21H,2-14H2,1H3,(H,25,26). The maximum Gasteiger partial charge on any atom is 0.220 e. The van der Waals surface area contributed by atoms with Crippen LogP contribution in [0.3, 0.4) is 0 Å². The first kappa shape index (κ1) is 16.4. The zero-order chi connectivity index (χ0) is 17.5. The van der Waals surface area contributed by atoms with E-state index in [0.29, 0.717) is 22.8 Å². The van der Waals surface area contributed by atoms with Crippen LogP contribution in [0.2, 0.25) is 0 Å². The van der Waals surface area contributed by atoms with E-state index in [4.69, 9.17) is 0 Å². The van der Waals surface area contributed by atoms with Gasteiger partial charge in [0.25, 0.3) is 0 Å². The lowest BCUT2D eigenvalue weighted by Crippen LogP contribution is -2.56. The van der Waals surface area contributed by atoms with Crippen LogP contribution < -0.4 is 5.32 Å². The highest BCUT2D eigenvalue weighted by Gasteiger charge is 2.54. The summed E-state index contributed by atoms with van der Waals surface area (Å²) >= 11 is 0. The Kier molecular flexibility index (Phi) is 3.48. The maximum atomic E-state index is 13.1. The summed E-state index contributed by atoms with van der Waals surface area (Å²) in [5.41, 5.74) is 0.839. The van der Waals surface area contributed by atoms with E-state index in [1.807, 2.05) is 0 Å². The van der Waals surface area contributed by atoms with Crippen molar-refractivity contribution >= 4 is 5.91 Å². The van der Waals surface area contributed by atoms with Gasteiger partial charge in [0, 0.05) is 12.5 Å². The van der Waals surface area contributed by atoms with Gasteiger partial charge in [0.05, 0.1) is 0 Å². The molecule has 8 fully saturated rings. The van der Waals surface area contributed by atoms with E-state index in [1.54, 1.807) is 0 Å². The van der Waals surface area contributed by atoms with Crippen LogP contribution in [0.1, 0.15) is 90.4 Å². The fourth-order valence-electron chi connectivity index (χ4n) is 10.0. The van der Waals surface area contributed by atoms with Crippen molar-refractivity contribution in [2.75, 3.05) is 0 Å². The van der Waals surface area contributed by atoms with E-state index in [-0.39, 0.29) is 0 Å². The van der Waals surface area contributed by atoms with Gasteiger partial charge in [-0.3, -0.25) is 4.79 Å². The summed E-state index contributed by atoms with van der Waals surface area (Å²) < 4.78 is 0. The molecule has 144 valence electrons. The molecule has 1 N–H and O–H groups in total. The summed E-state index contributed by atoms with van der Waals surface area (Å²) in [6.45, 7) is 2.35. The van der Waals surface area contributed by atoms with Crippen LogP contribution in [0.5, 0.6) is 0 Å². The lowest BCUT2D eigenvalue weighted by molar-refractivity contribution is -0.133. The predicted molar refractivity (Wildman–Crippen MR) is 103 cm³/mol. The van der Waals surface area contributed by atoms with Gasteiger partial charge in [-0.1, -0.05) is 0 Å². The van der Waals surface area contributed by atoms with Gasteiger partial charge in [-0.15, -0.1) is 0 Å². The van der Waals surface area contributed by atoms with Crippen molar-refractivity contribution in [2.45, 2.75) is 96.4 Å². The van der Waals surface area contributed by atoms with Crippen LogP contribution in [0, 0.1) is 46.3 Å². The SMILES string of the molecule is CC(NC(=O)CC12CC3CC(CC(C3)C1)C2)C12CC3CC(CC(C3)C1)C2. The van der Waals surface area contributed by atoms with Crippen molar-refractivity contribution in [3.05, 3.63) is 0 Å². The van der Waals surface area contributed by atoms with Crippen LogP contribution >= 0.6 is 0 Å². The molecule has 0 heterocycles. The molecule has 8 saturated carbocycles. The first-order chi connectivity index (χ1) is 12.5. The highest BCUT2D eigenvalue weighted by Crippen LogP contribution is 2.62. The van der Waals surface area contributed by atoms with Crippen molar-refractivity contribution in [1.29, 1.82) is 0 Å². The summed E-state index contributed by atoms with van der Waals surface area (Å²) in [6.07, 6.45) is 18.0. The van der Waals surface area contributed by atoms with Gasteiger partial charge >= 0.3 is 0 Å². The summed E-state index contributed by atoms with van der Waals surface area (Å²) in [6, 6.07) is 0.400. The zero-order valence-electron chi connectivity index (χ0n) is 16.6. The van der Waals surface area contributed by atoms with Crippen molar-refractivity contribution in [1.82, 2.24) is 5.32 Å². The lowest BCUT2D eigenvalue weighted by Gasteiger charge is -2.59. The van der Waals surface area contributed by atoms with Crippen LogP contribution in [0.15, 0.2) is 0 Å². The van der Waals surface area contributed by atoms with E-state index in [1.165, 1.54) is 77.0 Å². The molecule has 0 spiro atoms. The molecule has 8 rings (SSSR count). The van der Waals surface area contributed by atoms with E-state index in [9.17, 15) is 4.79 Å². The normalized spacial score (nSPS) is 54.5. The molecule has 0 aliphatic heterocycles. The third-order valence-corrected chi connectivity index (χ3v) is 10.1. The van der Waals surface area contributed by atoms with Gasteiger partial charge < -0.3 is 5.32 Å². The summed E-state index contributed by atoms with van der Waals surface area (Å²) in [7, 11) is 0. The van der Waals surface area contributed by atoms with Gasteiger partial charge in [0.15, 0.2) is 0 Å². The summed E-state index contributed by atoms with van der Waals surface area (Å²) in [5, 5.41) is 3.57. The van der Waals surface area contributed by atoms with E-state index >= 15 is 0 Å². The van der Waals surface area contributed by atoms with Crippen molar-refractivity contribution in [2.24, 2.45) is 46.3 Å². The van der Waals surface area contributed by atoms with Crippen molar-refractivity contribution in [3.8, 4) is 0 Å². The topological polar surface area (TPSA) is 29.1 Å². The first-order valence-corrected chi connectivity index (χ1v) is 11.8. The first-order valence-electron chi connectivity index (χ1n) is 11.8. The lowest BCUT2D eigenvalue weighted by atomic mass is 9.47. The molecule has 1 amide bonds. The molecule has 8 aliphatic carbocycles. The molecule has 2 heteroatoms. The quantitative estimate of drug-likeness (QED) is 0.727. The molecule has 0 radical (unpaired) electrons. The predicted octanol–water partition coefficient (Wildman–Crippen LogP) is 5.31. The van der Waals surface area contributed by atoms with Gasteiger partial charge in [-0.25, -0.2) is 0 Å². The second-order valence-electron chi connectivity index (χ2n) is 12.2. The fourth-order valence-corrected chi connectivity index (χ4v) is 10.0. The minimum atomic E-state index is 0.389. The average Bonchev–Trinajstić information content (AvgIpc) is 2.51. The molecule has 26 heavy (non-hydrogen) atoms. The van der Waals surface area contributed by atoms with Crippen LogP contribution in [-0.4, -0.2) is 11.9 Å². The molecule has 2 nitrogen and oxygen atoms in total. The number of rotatable bonds is 4. The Morgan fingerprint density at radius 3 is 1.58 bits per heavy atom. The van der Waals surface area contributed by atoms with Crippen molar-refractivity contribution in [3.63, 3.8) is 0 Å². The highest BCUT2D eigenvalue weighted by atomic mass is 16.1. The second-order valence-corrected chi connectivity index (χ2v) is 12.2. The minimum Gasteiger partial charge on any atom is -0.353 e. The number of carbonyl (C=O) groups is 1. The minimum absolute atomic E-state index is 0.389. The van der Waals surface area contributed by atoms with Gasteiger partial charge in [0.1, 0.15) is 0 Å². The third-order valence-electron chi connectivity index (χ3n) is 10.1. The smallest absolute Gasteiger partial charge is 0.220 e. The highest BCUT2D eigenvalue weighted by molar-refractivity contribution is 5.77. The number of amides is 1. The average molecular weight is 356 g/mol. The summed E-state index contributed by atoms with van der Waals surface area (Å²) in [5.74, 6) is 6.19. The fraction of sp³-hybridized carbons (Fsp3) is 0.958. The monoisotopic (exact) mass is 355 g/mol. The number of hydrogen-bond acceptors (Lipinski definition) is 1. The third kappa shape index (κ3) is 2.53. The van der Waals surface area contributed by atoms with E-state index < -0.39 is 0 Å². The number of hydrogen-bond donors (Lipinski definition) is 1. The molecule has 8 aliphatic rings.